The zero-order chi connectivity index (χ0) is 10.0. The van der Waals surface area contributed by atoms with Crippen molar-refractivity contribution in [2.45, 2.75) is 32.6 Å². The summed E-state index contributed by atoms with van der Waals surface area (Å²) in [5.41, 5.74) is 0.546. The Morgan fingerprint density at radius 1 is 1.57 bits per heavy atom. The number of hydrogen-bond acceptors (Lipinski definition) is 3. The average molecular weight is 194 g/mol. The molecule has 1 saturated carbocycles. The molecule has 0 aromatic carbocycles. The molecule has 14 heavy (non-hydrogen) atoms. The molecule has 4 nitrogen and oxygen atoms in total. The molecule has 0 radical (unpaired) electrons. The molecule has 0 amide bonds. The van der Waals surface area contributed by atoms with Gasteiger partial charge in [0.15, 0.2) is 0 Å². The molecule has 2 rings (SSSR count). The molecule has 1 aromatic heterocycles. The van der Waals surface area contributed by atoms with E-state index < -0.39 is 0 Å². The smallest absolute Gasteiger partial charge is 0.144 e. The van der Waals surface area contributed by atoms with Crippen LogP contribution in [0.3, 0.4) is 0 Å². The number of aryl methyl sites for hydroxylation is 1. The highest BCUT2D eigenvalue weighted by atomic mass is 15.4. The van der Waals surface area contributed by atoms with Crippen LogP contribution < -0.4 is 5.32 Å². The molecule has 78 valence electrons. The first kappa shape index (κ1) is 9.49. The van der Waals surface area contributed by atoms with Gasteiger partial charge in [-0.15, -0.1) is 5.10 Å². The number of nitrogens with zero attached hydrogens (tertiary/aromatic N) is 3. The van der Waals surface area contributed by atoms with E-state index >= 15 is 0 Å². The van der Waals surface area contributed by atoms with E-state index in [0.717, 1.165) is 12.4 Å². The monoisotopic (exact) mass is 194 g/mol. The highest BCUT2D eigenvalue weighted by molar-refractivity contribution is 5.31. The van der Waals surface area contributed by atoms with Gasteiger partial charge in [0.1, 0.15) is 5.82 Å². The number of nitrogens with one attached hydrogen (secondary N) is 1. The highest BCUT2D eigenvalue weighted by Crippen LogP contribution is 2.43. The Bertz CT molecular complexity index is 295. The van der Waals surface area contributed by atoms with Crippen LogP contribution >= 0.6 is 0 Å². The van der Waals surface area contributed by atoms with Gasteiger partial charge in [0, 0.05) is 13.6 Å². The van der Waals surface area contributed by atoms with Crippen molar-refractivity contribution < 1.29 is 0 Å². The van der Waals surface area contributed by atoms with Gasteiger partial charge in [-0.2, -0.15) is 0 Å². The second kappa shape index (κ2) is 3.59. The summed E-state index contributed by atoms with van der Waals surface area (Å²) in [6.07, 6.45) is 7.16. The minimum atomic E-state index is 0.546. The molecule has 0 bridgehead atoms. The molecule has 4 heteroatoms. The lowest BCUT2D eigenvalue weighted by Crippen LogP contribution is -2.36. The zero-order valence-electron chi connectivity index (χ0n) is 8.95. The zero-order valence-corrected chi connectivity index (χ0v) is 8.95. The number of hydrogen-bond donors (Lipinski definition) is 1. The molecule has 0 unspecified atom stereocenters. The lowest BCUT2D eigenvalue weighted by Gasteiger charge is -2.41. The lowest BCUT2D eigenvalue weighted by atomic mass is 9.67. The third-order valence-corrected chi connectivity index (χ3v) is 3.52. The minimum absolute atomic E-state index is 0.546. The van der Waals surface area contributed by atoms with Crippen LogP contribution in [-0.2, 0) is 7.05 Å². The Hall–Kier alpha value is -1.06. The Labute approximate surface area is 84.7 Å². The standard InChI is InChI=1S/C10H18N4/c1-3-10(5-4-6-10)8-11-9-7-12-13-14(9)2/h7,11H,3-6,8H2,1-2H3. The summed E-state index contributed by atoms with van der Waals surface area (Å²) in [5.74, 6) is 1.02. The summed E-state index contributed by atoms with van der Waals surface area (Å²) >= 11 is 0. The van der Waals surface area contributed by atoms with Crippen molar-refractivity contribution in [1.82, 2.24) is 15.0 Å². The van der Waals surface area contributed by atoms with E-state index in [2.05, 4.69) is 22.6 Å². The van der Waals surface area contributed by atoms with Crippen LogP contribution in [0.4, 0.5) is 5.82 Å². The van der Waals surface area contributed by atoms with Crippen molar-refractivity contribution in [2.75, 3.05) is 11.9 Å². The summed E-state index contributed by atoms with van der Waals surface area (Å²) in [4.78, 5) is 0. The minimum Gasteiger partial charge on any atom is -0.368 e. The first-order valence-electron chi connectivity index (χ1n) is 5.34. The summed E-state index contributed by atoms with van der Waals surface area (Å²) in [6.45, 7) is 3.34. The summed E-state index contributed by atoms with van der Waals surface area (Å²) in [7, 11) is 1.91. The first-order chi connectivity index (χ1) is 6.76. The number of anilines is 1. The van der Waals surface area contributed by atoms with Crippen molar-refractivity contribution >= 4 is 5.82 Å². The molecule has 1 fully saturated rings. The highest BCUT2D eigenvalue weighted by Gasteiger charge is 2.34. The van der Waals surface area contributed by atoms with E-state index in [9.17, 15) is 0 Å². The van der Waals surface area contributed by atoms with Gasteiger partial charge in [0.05, 0.1) is 6.20 Å². The van der Waals surface area contributed by atoms with E-state index in [-0.39, 0.29) is 0 Å². The molecule has 1 heterocycles. The van der Waals surface area contributed by atoms with Crippen LogP contribution in [0.25, 0.3) is 0 Å². The molecule has 0 aliphatic heterocycles. The SMILES string of the molecule is CCC1(CNc2cnnn2C)CCC1. The van der Waals surface area contributed by atoms with Gasteiger partial charge in [0.25, 0.3) is 0 Å². The molecule has 1 aromatic rings. The third-order valence-electron chi connectivity index (χ3n) is 3.52. The van der Waals surface area contributed by atoms with Gasteiger partial charge in [-0.05, 0) is 24.7 Å². The topological polar surface area (TPSA) is 42.7 Å². The third kappa shape index (κ3) is 1.61. The van der Waals surface area contributed by atoms with E-state index in [4.69, 9.17) is 0 Å². The Kier molecular flexibility index (Phi) is 2.44. The summed E-state index contributed by atoms with van der Waals surface area (Å²) < 4.78 is 1.78. The second-order valence-electron chi connectivity index (χ2n) is 4.30. The molecule has 1 aliphatic rings. The van der Waals surface area contributed by atoms with Crippen molar-refractivity contribution in [3.05, 3.63) is 6.20 Å². The van der Waals surface area contributed by atoms with Crippen LogP contribution in [0.15, 0.2) is 6.20 Å². The predicted molar refractivity (Wildman–Crippen MR) is 56.1 cm³/mol. The van der Waals surface area contributed by atoms with Crippen LogP contribution in [0, 0.1) is 5.41 Å². The summed E-state index contributed by atoms with van der Waals surface area (Å²) in [6, 6.07) is 0. The van der Waals surface area contributed by atoms with Gasteiger partial charge >= 0.3 is 0 Å². The van der Waals surface area contributed by atoms with Crippen LogP contribution in [0.2, 0.25) is 0 Å². The Balaban J connectivity index is 1.90. The fourth-order valence-corrected chi connectivity index (χ4v) is 2.06. The van der Waals surface area contributed by atoms with Gasteiger partial charge in [-0.25, -0.2) is 4.68 Å². The fourth-order valence-electron chi connectivity index (χ4n) is 2.06. The van der Waals surface area contributed by atoms with Crippen molar-refractivity contribution in [3.63, 3.8) is 0 Å². The maximum absolute atomic E-state index is 3.89. The van der Waals surface area contributed by atoms with Crippen LogP contribution in [-0.4, -0.2) is 21.5 Å². The molecule has 1 aliphatic carbocycles. The van der Waals surface area contributed by atoms with E-state index in [0.29, 0.717) is 5.41 Å². The number of aromatic nitrogens is 3. The van der Waals surface area contributed by atoms with Crippen molar-refractivity contribution in [2.24, 2.45) is 12.5 Å². The lowest BCUT2D eigenvalue weighted by molar-refractivity contribution is 0.144. The normalized spacial score (nSPS) is 19.0. The van der Waals surface area contributed by atoms with Crippen LogP contribution in [0.1, 0.15) is 32.6 Å². The fraction of sp³-hybridized carbons (Fsp3) is 0.800. The largest absolute Gasteiger partial charge is 0.368 e. The molecular weight excluding hydrogens is 176 g/mol. The average Bonchev–Trinajstić information content (AvgIpc) is 2.51. The maximum atomic E-state index is 3.89. The van der Waals surface area contributed by atoms with E-state index in [1.165, 1.54) is 25.7 Å². The van der Waals surface area contributed by atoms with Gasteiger partial charge in [-0.1, -0.05) is 18.6 Å². The Morgan fingerprint density at radius 3 is 2.79 bits per heavy atom. The van der Waals surface area contributed by atoms with Gasteiger partial charge in [-0.3, -0.25) is 0 Å². The summed E-state index contributed by atoms with van der Waals surface area (Å²) in [5, 5.41) is 11.2. The van der Waals surface area contributed by atoms with E-state index in [1.807, 2.05) is 7.05 Å². The quantitative estimate of drug-likeness (QED) is 0.794. The number of rotatable bonds is 4. The van der Waals surface area contributed by atoms with Crippen molar-refractivity contribution in [1.29, 1.82) is 0 Å². The molecule has 1 N–H and O–H groups in total. The van der Waals surface area contributed by atoms with Crippen LogP contribution in [0.5, 0.6) is 0 Å². The molecule has 0 saturated heterocycles. The predicted octanol–water partition coefficient (Wildman–Crippen LogP) is 1.81. The molecular formula is C10H18N4. The molecule has 0 atom stereocenters. The van der Waals surface area contributed by atoms with Gasteiger partial charge in [0.2, 0.25) is 0 Å². The van der Waals surface area contributed by atoms with E-state index in [1.54, 1.807) is 10.9 Å². The maximum Gasteiger partial charge on any atom is 0.144 e. The second-order valence-corrected chi connectivity index (χ2v) is 4.30. The molecule has 0 spiro atoms. The van der Waals surface area contributed by atoms with Gasteiger partial charge < -0.3 is 5.32 Å². The Morgan fingerprint density at radius 2 is 2.36 bits per heavy atom. The first-order valence-corrected chi connectivity index (χ1v) is 5.34. The van der Waals surface area contributed by atoms with Crippen molar-refractivity contribution in [3.8, 4) is 0 Å².